The average Bonchev–Trinajstić information content (AvgIpc) is 2.77. The summed E-state index contributed by atoms with van der Waals surface area (Å²) in [5.41, 5.74) is 1.32. The molecule has 2 rings (SSSR count). The van der Waals surface area contributed by atoms with Gasteiger partial charge in [-0.3, -0.25) is 4.79 Å². The fraction of sp³-hybridized carbons (Fsp3) is 0.467. The maximum absolute atomic E-state index is 13.3. The standard InChI is InChI=1S/C15H19ClFN3O/c1-3-19(4-2)15(21)10-20-13-6-5-11(17)9-12(13)18-14(20)7-8-16/h5-6,9H,3-4,7-8,10H2,1-2H3. The van der Waals surface area contributed by atoms with E-state index in [0.717, 1.165) is 5.52 Å². The van der Waals surface area contributed by atoms with E-state index in [-0.39, 0.29) is 18.3 Å². The van der Waals surface area contributed by atoms with E-state index in [0.29, 0.717) is 36.7 Å². The molecular weight excluding hydrogens is 293 g/mol. The van der Waals surface area contributed by atoms with Gasteiger partial charge in [-0.15, -0.1) is 11.6 Å². The third kappa shape index (κ3) is 3.35. The van der Waals surface area contributed by atoms with Crippen LogP contribution in [0.25, 0.3) is 11.0 Å². The van der Waals surface area contributed by atoms with Gasteiger partial charge in [-0.25, -0.2) is 9.37 Å². The number of alkyl halides is 1. The number of imidazole rings is 1. The second-order valence-electron chi connectivity index (χ2n) is 4.75. The molecule has 1 heterocycles. The first-order chi connectivity index (χ1) is 10.1. The average molecular weight is 312 g/mol. The molecule has 1 amide bonds. The first-order valence-corrected chi connectivity index (χ1v) is 7.62. The number of likely N-dealkylation sites (N-methyl/N-ethyl adjacent to an activating group) is 1. The number of fused-ring (bicyclic) bond motifs is 1. The fourth-order valence-electron chi connectivity index (χ4n) is 2.42. The van der Waals surface area contributed by atoms with Crippen LogP contribution in [-0.2, 0) is 17.8 Å². The minimum atomic E-state index is -0.334. The number of hydrogen-bond acceptors (Lipinski definition) is 2. The van der Waals surface area contributed by atoms with Gasteiger partial charge in [0, 0.05) is 31.5 Å². The van der Waals surface area contributed by atoms with Crippen molar-refractivity contribution in [3.05, 3.63) is 29.8 Å². The lowest BCUT2D eigenvalue weighted by atomic mass is 10.3. The first kappa shape index (κ1) is 15.8. The van der Waals surface area contributed by atoms with Crippen LogP contribution in [0.5, 0.6) is 0 Å². The summed E-state index contributed by atoms with van der Waals surface area (Å²) in [5, 5.41) is 0. The normalized spacial score (nSPS) is 11.0. The fourth-order valence-corrected chi connectivity index (χ4v) is 2.59. The highest BCUT2D eigenvalue weighted by Crippen LogP contribution is 2.18. The van der Waals surface area contributed by atoms with Gasteiger partial charge in [-0.05, 0) is 26.0 Å². The molecule has 0 saturated carbocycles. The van der Waals surface area contributed by atoms with Crippen molar-refractivity contribution in [3.63, 3.8) is 0 Å². The highest BCUT2D eigenvalue weighted by atomic mass is 35.5. The lowest BCUT2D eigenvalue weighted by molar-refractivity contribution is -0.131. The van der Waals surface area contributed by atoms with E-state index in [1.165, 1.54) is 12.1 Å². The Labute approximate surface area is 128 Å². The van der Waals surface area contributed by atoms with Crippen molar-refractivity contribution < 1.29 is 9.18 Å². The van der Waals surface area contributed by atoms with Gasteiger partial charge in [0.2, 0.25) is 5.91 Å². The highest BCUT2D eigenvalue weighted by molar-refractivity contribution is 6.17. The quantitative estimate of drug-likeness (QED) is 0.769. The monoisotopic (exact) mass is 311 g/mol. The van der Waals surface area contributed by atoms with E-state index < -0.39 is 0 Å². The van der Waals surface area contributed by atoms with Gasteiger partial charge in [0.25, 0.3) is 0 Å². The van der Waals surface area contributed by atoms with E-state index in [2.05, 4.69) is 4.98 Å². The topological polar surface area (TPSA) is 38.1 Å². The van der Waals surface area contributed by atoms with Crippen LogP contribution in [0.1, 0.15) is 19.7 Å². The molecule has 0 aliphatic rings. The molecule has 114 valence electrons. The molecule has 4 nitrogen and oxygen atoms in total. The molecule has 1 aromatic carbocycles. The van der Waals surface area contributed by atoms with Crippen LogP contribution in [0.4, 0.5) is 4.39 Å². The Morgan fingerprint density at radius 3 is 2.71 bits per heavy atom. The van der Waals surface area contributed by atoms with Gasteiger partial charge in [0.1, 0.15) is 18.2 Å². The predicted molar refractivity (Wildman–Crippen MR) is 82.0 cm³/mol. The summed E-state index contributed by atoms with van der Waals surface area (Å²) in [6.45, 7) is 5.43. The van der Waals surface area contributed by atoms with Crippen LogP contribution in [0.3, 0.4) is 0 Å². The lowest BCUT2D eigenvalue weighted by Crippen LogP contribution is -2.33. The summed E-state index contributed by atoms with van der Waals surface area (Å²) in [6.07, 6.45) is 0.545. The van der Waals surface area contributed by atoms with Crippen LogP contribution in [-0.4, -0.2) is 39.3 Å². The minimum absolute atomic E-state index is 0.0273. The number of carbonyl (C=O) groups is 1. The van der Waals surface area contributed by atoms with Crippen LogP contribution in [0.15, 0.2) is 18.2 Å². The zero-order valence-corrected chi connectivity index (χ0v) is 13.0. The minimum Gasteiger partial charge on any atom is -0.342 e. The van der Waals surface area contributed by atoms with Crippen LogP contribution >= 0.6 is 11.6 Å². The summed E-state index contributed by atoms with van der Waals surface area (Å²) in [6, 6.07) is 4.42. The van der Waals surface area contributed by atoms with E-state index in [4.69, 9.17) is 11.6 Å². The molecule has 0 saturated heterocycles. The van der Waals surface area contributed by atoms with E-state index in [1.54, 1.807) is 11.0 Å². The molecule has 0 aliphatic carbocycles. The maximum atomic E-state index is 13.3. The molecule has 0 fully saturated rings. The van der Waals surface area contributed by atoms with Gasteiger partial charge in [0.15, 0.2) is 0 Å². The van der Waals surface area contributed by atoms with Gasteiger partial charge in [0.05, 0.1) is 11.0 Å². The number of halogens is 2. The Balaban J connectivity index is 2.40. The molecule has 6 heteroatoms. The van der Waals surface area contributed by atoms with Gasteiger partial charge < -0.3 is 9.47 Å². The van der Waals surface area contributed by atoms with Gasteiger partial charge in [-0.2, -0.15) is 0 Å². The zero-order valence-electron chi connectivity index (χ0n) is 12.3. The molecule has 0 radical (unpaired) electrons. The number of rotatable bonds is 6. The zero-order chi connectivity index (χ0) is 15.4. The van der Waals surface area contributed by atoms with Crippen molar-refractivity contribution in [2.45, 2.75) is 26.8 Å². The second kappa shape index (κ2) is 6.89. The summed E-state index contributed by atoms with van der Waals surface area (Å²) < 4.78 is 15.1. The number of aryl methyl sites for hydroxylation is 1. The Hall–Kier alpha value is -1.62. The summed E-state index contributed by atoms with van der Waals surface area (Å²) in [4.78, 5) is 18.5. The number of aromatic nitrogens is 2. The number of amides is 1. The largest absolute Gasteiger partial charge is 0.342 e. The van der Waals surface area contributed by atoms with Crippen LogP contribution in [0.2, 0.25) is 0 Å². The Kier molecular flexibility index (Phi) is 5.17. The third-order valence-electron chi connectivity index (χ3n) is 3.52. The first-order valence-electron chi connectivity index (χ1n) is 7.09. The molecule has 0 atom stereocenters. The van der Waals surface area contributed by atoms with E-state index in [9.17, 15) is 9.18 Å². The predicted octanol–water partition coefficient (Wildman–Crippen LogP) is 2.83. The van der Waals surface area contributed by atoms with Crippen molar-refractivity contribution in [3.8, 4) is 0 Å². The van der Waals surface area contributed by atoms with Gasteiger partial charge in [-0.1, -0.05) is 0 Å². The summed E-state index contributed by atoms with van der Waals surface area (Å²) in [7, 11) is 0. The SMILES string of the molecule is CCN(CC)C(=O)Cn1c(CCCl)nc2cc(F)ccc21. The third-order valence-corrected chi connectivity index (χ3v) is 3.71. The van der Waals surface area contributed by atoms with Crippen molar-refractivity contribution in [1.29, 1.82) is 0 Å². The summed E-state index contributed by atoms with van der Waals surface area (Å²) >= 11 is 5.80. The summed E-state index contributed by atoms with van der Waals surface area (Å²) in [5.74, 6) is 0.816. The van der Waals surface area contributed by atoms with Crippen molar-refractivity contribution in [2.24, 2.45) is 0 Å². The Morgan fingerprint density at radius 1 is 1.38 bits per heavy atom. The lowest BCUT2D eigenvalue weighted by Gasteiger charge is -2.19. The molecule has 0 N–H and O–H groups in total. The highest BCUT2D eigenvalue weighted by Gasteiger charge is 2.16. The Bertz CT molecular complexity index is 637. The molecule has 21 heavy (non-hydrogen) atoms. The van der Waals surface area contributed by atoms with E-state index >= 15 is 0 Å². The molecule has 2 aromatic rings. The number of benzene rings is 1. The maximum Gasteiger partial charge on any atom is 0.242 e. The van der Waals surface area contributed by atoms with Gasteiger partial charge >= 0.3 is 0 Å². The van der Waals surface area contributed by atoms with Crippen LogP contribution in [0, 0.1) is 5.82 Å². The number of hydrogen-bond donors (Lipinski definition) is 0. The molecule has 0 aliphatic heterocycles. The van der Waals surface area contributed by atoms with Crippen molar-refractivity contribution in [1.82, 2.24) is 14.5 Å². The van der Waals surface area contributed by atoms with Crippen LogP contribution < -0.4 is 0 Å². The second-order valence-corrected chi connectivity index (χ2v) is 5.13. The molecule has 0 spiro atoms. The Morgan fingerprint density at radius 2 is 2.10 bits per heavy atom. The molecule has 1 aromatic heterocycles. The molecular formula is C15H19ClFN3O. The molecule has 0 bridgehead atoms. The molecule has 0 unspecified atom stereocenters. The smallest absolute Gasteiger partial charge is 0.242 e. The number of carbonyl (C=O) groups excluding carboxylic acids is 1. The van der Waals surface area contributed by atoms with Crippen molar-refractivity contribution >= 4 is 28.5 Å². The number of nitrogens with zero attached hydrogens (tertiary/aromatic N) is 3. The van der Waals surface area contributed by atoms with E-state index in [1.807, 2.05) is 18.4 Å². The van der Waals surface area contributed by atoms with Crippen molar-refractivity contribution in [2.75, 3.05) is 19.0 Å².